The van der Waals surface area contributed by atoms with Gasteiger partial charge in [0, 0.05) is 12.1 Å². The fourth-order valence-corrected chi connectivity index (χ4v) is 2.95. The van der Waals surface area contributed by atoms with E-state index in [9.17, 15) is 19.7 Å². The van der Waals surface area contributed by atoms with Gasteiger partial charge < -0.3 is 14.2 Å². The molecule has 0 atom stereocenters. The summed E-state index contributed by atoms with van der Waals surface area (Å²) >= 11 is 0. The van der Waals surface area contributed by atoms with Crippen LogP contribution in [-0.2, 0) is 23.8 Å². The largest absolute Gasteiger partial charge is 0.465 e. The average molecular weight is 375 g/mol. The lowest BCUT2D eigenvalue weighted by molar-refractivity contribution is -0.384. The molecule has 0 amide bonds. The number of nitro groups is 1. The van der Waals surface area contributed by atoms with Crippen LogP contribution in [0.15, 0.2) is 46.9 Å². The first-order valence-corrected chi connectivity index (χ1v) is 8.49. The maximum absolute atomic E-state index is 12.6. The molecule has 8 nitrogen and oxygen atoms in total. The summed E-state index contributed by atoms with van der Waals surface area (Å²) in [6.45, 7) is 6.86. The minimum atomic E-state index is -0.808. The Balaban J connectivity index is 2.62. The van der Waals surface area contributed by atoms with Crippen LogP contribution in [0.1, 0.15) is 39.2 Å². The average Bonchev–Trinajstić information content (AvgIpc) is 2.61. The van der Waals surface area contributed by atoms with E-state index in [1.54, 1.807) is 27.7 Å². The number of carbonyl (C=O) groups excluding carboxylic acids is 2. The molecule has 0 aromatic heterocycles. The van der Waals surface area contributed by atoms with Crippen molar-refractivity contribution >= 4 is 17.6 Å². The molecule has 1 aromatic carbocycles. The molecule has 27 heavy (non-hydrogen) atoms. The molecule has 1 aliphatic heterocycles. The summed E-state index contributed by atoms with van der Waals surface area (Å²) in [4.78, 5) is 35.5. The Kier molecular flexibility index (Phi) is 6.33. The minimum Gasteiger partial charge on any atom is -0.465 e. The van der Waals surface area contributed by atoms with Crippen molar-refractivity contribution < 1.29 is 28.7 Å². The summed E-state index contributed by atoms with van der Waals surface area (Å²) in [5.41, 5.74) is 0.759. The highest BCUT2D eigenvalue weighted by atomic mass is 16.6. The lowest BCUT2D eigenvalue weighted by Gasteiger charge is -2.29. The van der Waals surface area contributed by atoms with Gasteiger partial charge >= 0.3 is 11.9 Å². The van der Waals surface area contributed by atoms with Gasteiger partial charge in [-0.3, -0.25) is 10.1 Å². The number of non-ortho nitro benzene ring substituents is 1. The van der Waals surface area contributed by atoms with Crippen LogP contribution in [0.3, 0.4) is 0 Å². The Bertz CT molecular complexity index is 781. The number of nitrogens with zero attached hydrogens (tertiary/aromatic N) is 1. The highest BCUT2D eigenvalue weighted by molar-refractivity contribution is 5.99. The molecule has 0 radical (unpaired) electrons. The van der Waals surface area contributed by atoms with Crippen LogP contribution in [0.4, 0.5) is 5.69 Å². The lowest BCUT2D eigenvalue weighted by atomic mass is 9.81. The van der Waals surface area contributed by atoms with Gasteiger partial charge in [0.2, 0.25) is 0 Å². The van der Waals surface area contributed by atoms with E-state index in [0.29, 0.717) is 17.1 Å². The second kappa shape index (κ2) is 8.48. The van der Waals surface area contributed by atoms with E-state index in [4.69, 9.17) is 14.2 Å². The molecule has 0 aliphatic carbocycles. The monoisotopic (exact) mass is 375 g/mol. The molecule has 0 bridgehead atoms. The first kappa shape index (κ1) is 20.2. The summed E-state index contributed by atoms with van der Waals surface area (Å²) in [5.74, 6) is -1.43. The Labute approximate surface area is 156 Å². The predicted molar refractivity (Wildman–Crippen MR) is 95.6 cm³/mol. The SMILES string of the molecule is CCOC(=O)C1=C(C)OC(C)=C(C(=O)OCC)C1c1ccc([N+](=O)[O-])cc1. The van der Waals surface area contributed by atoms with Crippen molar-refractivity contribution in [2.24, 2.45) is 0 Å². The van der Waals surface area contributed by atoms with Crippen LogP contribution in [0.25, 0.3) is 0 Å². The lowest BCUT2D eigenvalue weighted by Crippen LogP contribution is -2.27. The molecular weight excluding hydrogens is 354 g/mol. The number of hydrogen-bond donors (Lipinski definition) is 0. The third-order valence-electron chi connectivity index (χ3n) is 4.07. The number of esters is 2. The van der Waals surface area contributed by atoms with Gasteiger partial charge in [0.15, 0.2) is 0 Å². The minimum absolute atomic E-state index is 0.0948. The molecule has 0 spiro atoms. The number of allylic oxidation sites excluding steroid dienone is 2. The smallest absolute Gasteiger partial charge is 0.338 e. The van der Waals surface area contributed by atoms with Gasteiger partial charge in [-0.15, -0.1) is 0 Å². The number of ether oxygens (including phenoxy) is 3. The van der Waals surface area contributed by atoms with E-state index in [1.807, 2.05) is 0 Å². The molecule has 8 heteroatoms. The summed E-state index contributed by atoms with van der Waals surface area (Å²) in [7, 11) is 0. The molecule has 144 valence electrons. The third kappa shape index (κ3) is 4.16. The van der Waals surface area contributed by atoms with Crippen molar-refractivity contribution in [2.45, 2.75) is 33.6 Å². The van der Waals surface area contributed by atoms with Crippen LogP contribution in [0.2, 0.25) is 0 Å². The van der Waals surface area contributed by atoms with Gasteiger partial charge in [0.25, 0.3) is 5.69 Å². The van der Waals surface area contributed by atoms with Crippen LogP contribution in [-0.4, -0.2) is 30.1 Å². The highest BCUT2D eigenvalue weighted by Crippen LogP contribution is 2.41. The quantitative estimate of drug-likeness (QED) is 0.426. The molecule has 0 unspecified atom stereocenters. The second-order valence-corrected chi connectivity index (χ2v) is 5.76. The predicted octanol–water partition coefficient (Wildman–Crippen LogP) is 3.38. The molecule has 0 fully saturated rings. The highest BCUT2D eigenvalue weighted by Gasteiger charge is 2.39. The number of benzene rings is 1. The zero-order valence-corrected chi connectivity index (χ0v) is 15.6. The maximum Gasteiger partial charge on any atom is 0.338 e. The van der Waals surface area contributed by atoms with Gasteiger partial charge in [-0.1, -0.05) is 12.1 Å². The first-order chi connectivity index (χ1) is 12.8. The fourth-order valence-electron chi connectivity index (χ4n) is 2.95. The number of carbonyl (C=O) groups is 2. The number of rotatable bonds is 6. The van der Waals surface area contributed by atoms with Crippen LogP contribution < -0.4 is 0 Å². The van der Waals surface area contributed by atoms with Crippen molar-refractivity contribution in [1.82, 2.24) is 0 Å². The molecule has 0 saturated carbocycles. The standard InChI is InChI=1S/C19H21NO7/c1-5-25-18(21)15-11(3)27-12(4)16(19(22)26-6-2)17(15)13-7-9-14(10-8-13)20(23)24/h7-10,17H,5-6H2,1-4H3. The number of nitro benzene ring substituents is 1. The van der Waals surface area contributed by atoms with Crippen LogP contribution >= 0.6 is 0 Å². The zero-order chi connectivity index (χ0) is 20.1. The summed E-state index contributed by atoms with van der Waals surface area (Å²) in [6.07, 6.45) is 0. The molecule has 0 N–H and O–H groups in total. The van der Waals surface area contributed by atoms with E-state index in [0.717, 1.165) is 0 Å². The van der Waals surface area contributed by atoms with Crippen LogP contribution in [0.5, 0.6) is 0 Å². The van der Waals surface area contributed by atoms with E-state index in [-0.39, 0.29) is 30.0 Å². The van der Waals surface area contributed by atoms with Gasteiger partial charge in [-0.05, 0) is 33.3 Å². The maximum atomic E-state index is 12.6. The van der Waals surface area contributed by atoms with Gasteiger partial charge in [-0.2, -0.15) is 0 Å². The Hall–Kier alpha value is -3.16. The fraction of sp³-hybridized carbons (Fsp3) is 0.368. The molecule has 0 saturated heterocycles. The van der Waals surface area contributed by atoms with Gasteiger partial charge in [0.05, 0.1) is 35.2 Å². The topological polar surface area (TPSA) is 105 Å². The van der Waals surface area contributed by atoms with E-state index in [2.05, 4.69) is 0 Å². The van der Waals surface area contributed by atoms with Crippen molar-refractivity contribution in [3.63, 3.8) is 0 Å². The summed E-state index contributed by atoms with van der Waals surface area (Å²) in [6, 6.07) is 5.66. The van der Waals surface area contributed by atoms with Crippen molar-refractivity contribution in [3.05, 3.63) is 62.6 Å². The second-order valence-electron chi connectivity index (χ2n) is 5.76. The molecular formula is C19H21NO7. The van der Waals surface area contributed by atoms with E-state index in [1.165, 1.54) is 24.3 Å². The van der Waals surface area contributed by atoms with Crippen molar-refractivity contribution in [2.75, 3.05) is 13.2 Å². The van der Waals surface area contributed by atoms with Crippen molar-refractivity contribution in [1.29, 1.82) is 0 Å². The van der Waals surface area contributed by atoms with Crippen molar-refractivity contribution in [3.8, 4) is 0 Å². The molecule has 1 heterocycles. The summed E-state index contributed by atoms with van der Waals surface area (Å²) < 4.78 is 15.9. The molecule has 2 rings (SSSR count). The zero-order valence-electron chi connectivity index (χ0n) is 15.6. The first-order valence-electron chi connectivity index (χ1n) is 8.49. The Morgan fingerprint density at radius 1 is 1.00 bits per heavy atom. The van der Waals surface area contributed by atoms with Gasteiger partial charge in [-0.25, -0.2) is 9.59 Å². The third-order valence-corrected chi connectivity index (χ3v) is 4.07. The molecule has 1 aliphatic rings. The van der Waals surface area contributed by atoms with Gasteiger partial charge in [0.1, 0.15) is 11.5 Å². The molecule has 1 aromatic rings. The number of hydrogen-bond acceptors (Lipinski definition) is 7. The Morgan fingerprint density at radius 3 is 1.81 bits per heavy atom. The van der Waals surface area contributed by atoms with E-state index >= 15 is 0 Å². The van der Waals surface area contributed by atoms with E-state index < -0.39 is 22.8 Å². The Morgan fingerprint density at radius 2 is 1.44 bits per heavy atom. The summed E-state index contributed by atoms with van der Waals surface area (Å²) in [5, 5.41) is 10.9. The normalized spacial score (nSPS) is 14.7. The van der Waals surface area contributed by atoms with Crippen LogP contribution in [0, 0.1) is 10.1 Å².